The highest BCUT2D eigenvalue weighted by atomic mass is 19.4. The van der Waals surface area contributed by atoms with Crippen molar-refractivity contribution in [3.63, 3.8) is 0 Å². The molecule has 4 heteroatoms. The van der Waals surface area contributed by atoms with Gasteiger partial charge in [0, 0.05) is 0 Å². The summed E-state index contributed by atoms with van der Waals surface area (Å²) in [6.07, 6.45) is -0.0534. The zero-order chi connectivity index (χ0) is 12.9. The Balaban J connectivity index is 2.74. The number of rotatable bonds is 4. The number of benzene rings is 1. The maximum Gasteiger partial charge on any atom is 0.407 e. The Bertz CT molecular complexity index is 382. The third kappa shape index (κ3) is 4.61. The van der Waals surface area contributed by atoms with Crippen LogP contribution < -0.4 is 5.73 Å². The van der Waals surface area contributed by atoms with Gasteiger partial charge in [-0.2, -0.15) is 13.2 Å². The van der Waals surface area contributed by atoms with E-state index in [1.807, 2.05) is 18.2 Å². The van der Waals surface area contributed by atoms with Gasteiger partial charge in [-0.05, 0) is 17.5 Å². The zero-order valence-corrected chi connectivity index (χ0v) is 9.67. The van der Waals surface area contributed by atoms with Crippen LogP contribution >= 0.6 is 0 Å². The molecule has 94 valence electrons. The summed E-state index contributed by atoms with van der Waals surface area (Å²) in [7, 11) is 0. The average molecular weight is 243 g/mol. The molecule has 0 aliphatic heterocycles. The summed E-state index contributed by atoms with van der Waals surface area (Å²) in [6, 6.07) is 5.54. The molecule has 1 aromatic rings. The number of hydrogen-bond acceptors (Lipinski definition) is 1. The van der Waals surface area contributed by atoms with Crippen LogP contribution in [0, 0.1) is 0 Å². The average Bonchev–Trinajstić information content (AvgIpc) is 2.25. The molecule has 0 aromatic heterocycles. The Hall–Kier alpha value is -1.29. The van der Waals surface area contributed by atoms with E-state index in [0.717, 1.165) is 30.0 Å². The van der Waals surface area contributed by atoms with Crippen molar-refractivity contribution < 1.29 is 13.2 Å². The molecular formula is C13H16F3N. The van der Waals surface area contributed by atoms with Gasteiger partial charge < -0.3 is 5.73 Å². The molecule has 0 radical (unpaired) electrons. The van der Waals surface area contributed by atoms with E-state index in [4.69, 9.17) is 5.73 Å². The van der Waals surface area contributed by atoms with Crippen LogP contribution in [0.5, 0.6) is 0 Å². The van der Waals surface area contributed by atoms with E-state index < -0.39 is 12.2 Å². The second-order valence-electron chi connectivity index (χ2n) is 3.92. The van der Waals surface area contributed by atoms with Gasteiger partial charge in [-0.1, -0.05) is 49.8 Å². The summed E-state index contributed by atoms with van der Waals surface area (Å²) in [4.78, 5) is 0. The Morgan fingerprint density at radius 3 is 2.65 bits per heavy atom. The highest BCUT2D eigenvalue weighted by Gasteiger charge is 2.34. The minimum atomic E-state index is -4.38. The largest absolute Gasteiger partial charge is 0.407 e. The fourth-order valence-electron chi connectivity index (χ4n) is 1.46. The minimum Gasteiger partial charge on any atom is -0.317 e. The van der Waals surface area contributed by atoms with Crippen LogP contribution in [0.4, 0.5) is 13.2 Å². The van der Waals surface area contributed by atoms with Gasteiger partial charge in [0.25, 0.3) is 0 Å². The first-order valence-corrected chi connectivity index (χ1v) is 5.53. The highest BCUT2D eigenvalue weighted by Crippen LogP contribution is 2.20. The van der Waals surface area contributed by atoms with E-state index in [-0.39, 0.29) is 0 Å². The molecule has 0 heterocycles. The summed E-state index contributed by atoms with van der Waals surface area (Å²) in [5.41, 5.74) is 6.85. The van der Waals surface area contributed by atoms with E-state index in [9.17, 15) is 13.2 Å². The fraction of sp³-hybridized carbons (Fsp3) is 0.385. The van der Waals surface area contributed by atoms with E-state index in [2.05, 4.69) is 6.92 Å². The molecule has 1 nitrogen and oxygen atoms in total. The number of hydrogen-bond donors (Lipinski definition) is 1. The van der Waals surface area contributed by atoms with E-state index in [0.29, 0.717) is 0 Å². The third-order valence-corrected chi connectivity index (χ3v) is 2.36. The van der Waals surface area contributed by atoms with Gasteiger partial charge in [0.2, 0.25) is 0 Å². The standard InChI is InChI=1S/C13H16F3N/c1-2-4-10-5-3-6-11(9-10)7-8-12(17)13(14,15)16/h3,5-9,12H,2,4,17H2,1H3/t12-/m0/s1. The third-order valence-electron chi connectivity index (χ3n) is 2.36. The van der Waals surface area contributed by atoms with Crippen molar-refractivity contribution in [3.8, 4) is 0 Å². The van der Waals surface area contributed by atoms with Gasteiger partial charge in [-0.15, -0.1) is 0 Å². The molecule has 0 saturated heterocycles. The highest BCUT2D eigenvalue weighted by molar-refractivity contribution is 5.51. The molecule has 0 bridgehead atoms. The maximum absolute atomic E-state index is 12.2. The van der Waals surface area contributed by atoms with Gasteiger partial charge in [0.1, 0.15) is 6.04 Å². The van der Waals surface area contributed by atoms with Crippen LogP contribution in [0.15, 0.2) is 30.3 Å². The lowest BCUT2D eigenvalue weighted by Gasteiger charge is -2.10. The van der Waals surface area contributed by atoms with Crippen LogP contribution in [-0.2, 0) is 6.42 Å². The van der Waals surface area contributed by atoms with Crippen LogP contribution in [0.3, 0.4) is 0 Å². The normalized spacial score (nSPS) is 14.2. The first-order chi connectivity index (χ1) is 7.93. The molecule has 2 N–H and O–H groups in total. The van der Waals surface area contributed by atoms with Gasteiger partial charge in [0.15, 0.2) is 0 Å². The fourth-order valence-corrected chi connectivity index (χ4v) is 1.46. The molecule has 1 rings (SSSR count). The SMILES string of the molecule is CCCc1cccc(C=C[C@H](N)C(F)(F)F)c1. The molecule has 0 fully saturated rings. The molecule has 1 aromatic carbocycles. The molecule has 0 aliphatic rings. The molecular weight excluding hydrogens is 227 g/mol. The minimum absolute atomic E-state index is 0.746. The first kappa shape index (κ1) is 13.8. The quantitative estimate of drug-likeness (QED) is 0.860. The van der Waals surface area contributed by atoms with E-state index in [1.165, 1.54) is 6.08 Å². The lowest BCUT2D eigenvalue weighted by molar-refractivity contribution is -0.136. The Morgan fingerprint density at radius 1 is 1.35 bits per heavy atom. The molecule has 0 amide bonds. The van der Waals surface area contributed by atoms with E-state index >= 15 is 0 Å². The van der Waals surface area contributed by atoms with Crippen LogP contribution in [0.25, 0.3) is 6.08 Å². The summed E-state index contributed by atoms with van der Waals surface area (Å²) < 4.78 is 36.5. The van der Waals surface area contributed by atoms with Crippen molar-refractivity contribution in [1.29, 1.82) is 0 Å². The second-order valence-corrected chi connectivity index (χ2v) is 3.92. The monoisotopic (exact) mass is 243 g/mol. The second kappa shape index (κ2) is 5.87. The Morgan fingerprint density at radius 2 is 2.06 bits per heavy atom. The summed E-state index contributed by atoms with van der Waals surface area (Å²) >= 11 is 0. The summed E-state index contributed by atoms with van der Waals surface area (Å²) in [6.45, 7) is 2.06. The maximum atomic E-state index is 12.2. The van der Waals surface area contributed by atoms with Gasteiger partial charge in [0.05, 0.1) is 0 Å². The Labute approximate surface area is 99.1 Å². The number of halogens is 3. The van der Waals surface area contributed by atoms with Gasteiger partial charge >= 0.3 is 6.18 Å². The number of aryl methyl sites for hydroxylation is 1. The van der Waals surface area contributed by atoms with Crippen molar-refractivity contribution in [2.45, 2.75) is 32.0 Å². The molecule has 0 spiro atoms. The Kier molecular flexibility index (Phi) is 4.75. The molecule has 1 atom stereocenters. The number of nitrogens with two attached hydrogens (primary N) is 1. The van der Waals surface area contributed by atoms with Crippen molar-refractivity contribution in [3.05, 3.63) is 41.5 Å². The molecule has 0 unspecified atom stereocenters. The first-order valence-electron chi connectivity index (χ1n) is 5.53. The topological polar surface area (TPSA) is 26.0 Å². The predicted octanol–water partition coefficient (Wildman–Crippen LogP) is 3.54. The van der Waals surface area contributed by atoms with Crippen LogP contribution in [-0.4, -0.2) is 12.2 Å². The lowest BCUT2D eigenvalue weighted by atomic mass is 10.1. The van der Waals surface area contributed by atoms with Gasteiger partial charge in [-0.3, -0.25) is 0 Å². The van der Waals surface area contributed by atoms with Crippen molar-refractivity contribution in [1.82, 2.24) is 0 Å². The van der Waals surface area contributed by atoms with Gasteiger partial charge in [-0.25, -0.2) is 0 Å². The predicted molar refractivity (Wildman–Crippen MR) is 63.5 cm³/mol. The lowest BCUT2D eigenvalue weighted by Crippen LogP contribution is -2.35. The molecule has 0 aliphatic carbocycles. The van der Waals surface area contributed by atoms with E-state index in [1.54, 1.807) is 6.07 Å². The summed E-state index contributed by atoms with van der Waals surface area (Å²) in [5.74, 6) is 0. The van der Waals surface area contributed by atoms with Crippen molar-refractivity contribution in [2.24, 2.45) is 5.73 Å². The number of alkyl halides is 3. The van der Waals surface area contributed by atoms with Crippen molar-refractivity contribution in [2.75, 3.05) is 0 Å². The van der Waals surface area contributed by atoms with Crippen LogP contribution in [0.1, 0.15) is 24.5 Å². The zero-order valence-electron chi connectivity index (χ0n) is 9.67. The van der Waals surface area contributed by atoms with Crippen molar-refractivity contribution >= 4 is 6.08 Å². The van der Waals surface area contributed by atoms with Crippen LogP contribution in [0.2, 0.25) is 0 Å². The summed E-state index contributed by atoms with van der Waals surface area (Å²) in [5, 5.41) is 0. The smallest absolute Gasteiger partial charge is 0.317 e. The molecule has 17 heavy (non-hydrogen) atoms. The molecule has 0 saturated carbocycles.